The van der Waals surface area contributed by atoms with Crippen LogP contribution in [0.4, 0.5) is 4.39 Å². The van der Waals surface area contributed by atoms with Crippen molar-refractivity contribution in [3.63, 3.8) is 0 Å². The molecule has 2 aromatic rings. The van der Waals surface area contributed by atoms with Crippen LogP contribution in [0.2, 0.25) is 0 Å². The third-order valence-corrected chi connectivity index (χ3v) is 4.09. The zero-order chi connectivity index (χ0) is 12.4. The zero-order valence-electron chi connectivity index (χ0n) is 8.53. The van der Waals surface area contributed by atoms with Gasteiger partial charge in [-0.15, -0.1) is 0 Å². The van der Waals surface area contributed by atoms with Crippen LogP contribution in [-0.4, -0.2) is 9.78 Å². The van der Waals surface area contributed by atoms with E-state index in [-0.39, 0.29) is 11.4 Å². The molecule has 88 valence electrons. The van der Waals surface area contributed by atoms with Gasteiger partial charge in [0.15, 0.2) is 0 Å². The van der Waals surface area contributed by atoms with Gasteiger partial charge >= 0.3 is 0 Å². The van der Waals surface area contributed by atoms with E-state index in [1.54, 1.807) is 12.1 Å². The van der Waals surface area contributed by atoms with E-state index in [0.717, 1.165) is 5.56 Å². The van der Waals surface area contributed by atoms with E-state index in [2.05, 4.69) is 37.0 Å². The molecule has 0 atom stereocenters. The third kappa shape index (κ3) is 2.81. The number of benzene rings is 1. The van der Waals surface area contributed by atoms with Crippen LogP contribution >= 0.6 is 31.9 Å². The lowest BCUT2D eigenvalue weighted by Gasteiger charge is -2.05. The van der Waals surface area contributed by atoms with Gasteiger partial charge in [-0.05, 0) is 49.6 Å². The number of aromatic nitrogens is 2. The summed E-state index contributed by atoms with van der Waals surface area (Å²) in [7, 11) is 0. The molecular formula is C11H7Br2FN2O. The molecule has 1 aromatic carbocycles. The maximum atomic E-state index is 12.7. The van der Waals surface area contributed by atoms with Crippen LogP contribution in [0.3, 0.4) is 0 Å². The monoisotopic (exact) mass is 360 g/mol. The van der Waals surface area contributed by atoms with E-state index in [1.165, 1.54) is 23.0 Å². The molecule has 0 aliphatic carbocycles. The summed E-state index contributed by atoms with van der Waals surface area (Å²) in [5, 5.41) is 3.99. The Labute approximate surface area is 114 Å². The van der Waals surface area contributed by atoms with Gasteiger partial charge in [0.25, 0.3) is 5.56 Å². The molecule has 0 aliphatic rings. The largest absolute Gasteiger partial charge is 0.282 e. The number of rotatable bonds is 2. The standard InChI is InChI=1S/C11H7Br2FN2O/c12-9-5-15-16(11(17)10(9)13)6-7-1-3-8(14)4-2-7/h1-5H,6H2. The molecule has 3 nitrogen and oxygen atoms in total. The second-order valence-corrected chi connectivity index (χ2v) is 5.04. The van der Waals surface area contributed by atoms with Crippen LogP contribution in [0, 0.1) is 5.82 Å². The highest BCUT2D eigenvalue weighted by Crippen LogP contribution is 2.16. The predicted molar refractivity (Wildman–Crippen MR) is 69.4 cm³/mol. The maximum Gasteiger partial charge on any atom is 0.282 e. The third-order valence-electron chi connectivity index (χ3n) is 2.19. The average Bonchev–Trinajstić information content (AvgIpc) is 2.33. The molecule has 0 N–H and O–H groups in total. The van der Waals surface area contributed by atoms with Crippen molar-refractivity contribution in [2.24, 2.45) is 0 Å². The SMILES string of the molecule is O=c1c(Br)c(Br)cnn1Cc1ccc(F)cc1. The quantitative estimate of drug-likeness (QED) is 0.824. The average molecular weight is 362 g/mol. The fraction of sp³-hybridized carbons (Fsp3) is 0.0909. The van der Waals surface area contributed by atoms with E-state index >= 15 is 0 Å². The van der Waals surface area contributed by atoms with Crippen molar-refractivity contribution >= 4 is 31.9 Å². The minimum Gasteiger partial charge on any atom is -0.266 e. The Bertz CT molecular complexity index is 595. The van der Waals surface area contributed by atoms with Gasteiger partial charge < -0.3 is 0 Å². The van der Waals surface area contributed by atoms with Gasteiger partial charge in [-0.1, -0.05) is 12.1 Å². The summed E-state index contributed by atoms with van der Waals surface area (Å²) in [6.45, 7) is 0.311. The topological polar surface area (TPSA) is 34.9 Å². The Hall–Kier alpha value is -1.01. The molecule has 0 unspecified atom stereocenters. The minimum atomic E-state index is -0.300. The highest BCUT2D eigenvalue weighted by Gasteiger charge is 2.06. The van der Waals surface area contributed by atoms with Gasteiger partial charge in [0, 0.05) is 0 Å². The lowest BCUT2D eigenvalue weighted by atomic mass is 10.2. The van der Waals surface area contributed by atoms with Crippen LogP contribution in [-0.2, 0) is 6.54 Å². The predicted octanol–water partition coefficient (Wildman–Crippen LogP) is 2.96. The highest BCUT2D eigenvalue weighted by molar-refractivity contribution is 9.13. The fourth-order valence-electron chi connectivity index (χ4n) is 1.32. The Morgan fingerprint density at radius 1 is 1.24 bits per heavy atom. The lowest BCUT2D eigenvalue weighted by molar-refractivity contribution is 0.617. The first kappa shape index (κ1) is 12.4. The molecule has 0 spiro atoms. The normalized spacial score (nSPS) is 10.5. The maximum absolute atomic E-state index is 12.7. The molecule has 0 amide bonds. The highest BCUT2D eigenvalue weighted by atomic mass is 79.9. The molecule has 6 heteroatoms. The molecule has 0 radical (unpaired) electrons. The summed E-state index contributed by atoms with van der Waals surface area (Å²) in [6, 6.07) is 5.96. The lowest BCUT2D eigenvalue weighted by Crippen LogP contribution is -2.24. The van der Waals surface area contributed by atoms with Crippen molar-refractivity contribution in [1.29, 1.82) is 0 Å². The summed E-state index contributed by atoms with van der Waals surface area (Å²) in [4.78, 5) is 11.8. The number of halogens is 3. The van der Waals surface area contributed by atoms with Crippen LogP contribution in [0.25, 0.3) is 0 Å². The first-order chi connectivity index (χ1) is 8.08. The van der Waals surface area contributed by atoms with E-state index in [4.69, 9.17) is 0 Å². The fourth-order valence-corrected chi connectivity index (χ4v) is 1.89. The molecule has 17 heavy (non-hydrogen) atoms. The summed E-state index contributed by atoms with van der Waals surface area (Å²) < 4.78 is 15.1. The second kappa shape index (κ2) is 5.10. The van der Waals surface area contributed by atoms with Crippen molar-refractivity contribution in [1.82, 2.24) is 9.78 Å². The van der Waals surface area contributed by atoms with Crippen molar-refractivity contribution in [2.75, 3.05) is 0 Å². The van der Waals surface area contributed by atoms with Gasteiger partial charge in [-0.25, -0.2) is 9.07 Å². The van der Waals surface area contributed by atoms with Crippen LogP contribution in [0.5, 0.6) is 0 Å². The Kier molecular flexibility index (Phi) is 3.73. The molecule has 1 aromatic heterocycles. The van der Waals surface area contributed by atoms with Crippen molar-refractivity contribution in [3.05, 3.63) is 61.1 Å². The van der Waals surface area contributed by atoms with E-state index in [9.17, 15) is 9.18 Å². The van der Waals surface area contributed by atoms with Gasteiger partial charge in [0.1, 0.15) is 10.3 Å². The smallest absolute Gasteiger partial charge is 0.266 e. The van der Waals surface area contributed by atoms with Gasteiger partial charge in [0.2, 0.25) is 0 Å². The molecule has 0 bridgehead atoms. The second-order valence-electron chi connectivity index (χ2n) is 3.40. The van der Waals surface area contributed by atoms with Gasteiger partial charge in [-0.3, -0.25) is 4.79 Å². The van der Waals surface area contributed by atoms with Gasteiger partial charge in [-0.2, -0.15) is 5.10 Å². The molecule has 0 fully saturated rings. The number of hydrogen-bond donors (Lipinski definition) is 0. The first-order valence-corrected chi connectivity index (χ1v) is 6.32. The Morgan fingerprint density at radius 3 is 2.53 bits per heavy atom. The Morgan fingerprint density at radius 2 is 1.88 bits per heavy atom. The number of nitrogens with zero attached hydrogens (tertiary/aromatic N) is 2. The first-order valence-electron chi connectivity index (χ1n) is 4.73. The molecule has 0 aliphatic heterocycles. The van der Waals surface area contributed by atoms with E-state index in [1.807, 2.05) is 0 Å². The van der Waals surface area contributed by atoms with E-state index < -0.39 is 0 Å². The molecule has 0 saturated heterocycles. The van der Waals surface area contributed by atoms with Crippen molar-refractivity contribution in [3.8, 4) is 0 Å². The van der Waals surface area contributed by atoms with Crippen LogP contribution in [0.15, 0.2) is 44.2 Å². The minimum absolute atomic E-state index is 0.233. The summed E-state index contributed by atoms with van der Waals surface area (Å²) in [5.41, 5.74) is 0.582. The summed E-state index contributed by atoms with van der Waals surface area (Å²) >= 11 is 6.38. The zero-order valence-corrected chi connectivity index (χ0v) is 11.7. The number of hydrogen-bond acceptors (Lipinski definition) is 2. The molecular weight excluding hydrogens is 355 g/mol. The summed E-state index contributed by atoms with van der Waals surface area (Å²) in [6.07, 6.45) is 1.54. The molecule has 0 saturated carbocycles. The molecule has 1 heterocycles. The van der Waals surface area contributed by atoms with Crippen LogP contribution in [0.1, 0.15) is 5.56 Å². The van der Waals surface area contributed by atoms with Crippen molar-refractivity contribution in [2.45, 2.75) is 6.54 Å². The Balaban J connectivity index is 2.34. The molecule has 2 rings (SSSR count). The van der Waals surface area contributed by atoms with E-state index in [0.29, 0.717) is 15.5 Å². The van der Waals surface area contributed by atoms with Crippen LogP contribution < -0.4 is 5.56 Å². The van der Waals surface area contributed by atoms with Gasteiger partial charge in [0.05, 0.1) is 17.2 Å². The summed E-state index contributed by atoms with van der Waals surface area (Å²) in [5.74, 6) is -0.300. The van der Waals surface area contributed by atoms with Crippen molar-refractivity contribution < 1.29 is 4.39 Å².